The van der Waals surface area contributed by atoms with E-state index in [0.29, 0.717) is 12.8 Å². The minimum Gasteiger partial charge on any atom is -0.389 e. The number of carbonyl (C=O) groups is 1. The maximum Gasteiger partial charge on any atom is 0.175 e. The molecule has 7 bridgehead atoms. The fourth-order valence-electron chi connectivity index (χ4n) is 11.1. The number of fused-ring (bicyclic) bond motifs is 1. The second-order valence-corrected chi connectivity index (χ2v) is 12.1. The molecule has 5 aliphatic carbocycles. The van der Waals surface area contributed by atoms with Crippen LogP contribution in [0.5, 0.6) is 0 Å². The summed E-state index contributed by atoms with van der Waals surface area (Å²) in [5.41, 5.74) is -4.31. The van der Waals surface area contributed by atoms with Crippen LogP contribution >= 0.6 is 0 Å². The maximum atomic E-state index is 14.9. The van der Waals surface area contributed by atoms with Crippen LogP contribution in [0.25, 0.3) is 0 Å². The van der Waals surface area contributed by atoms with Crippen LogP contribution in [0, 0.1) is 28.6 Å². The van der Waals surface area contributed by atoms with E-state index in [-0.39, 0.29) is 60.1 Å². The number of methoxy groups -OCH3 is 3. The molecule has 8 heteroatoms. The second kappa shape index (κ2) is 6.20. The zero-order chi connectivity index (χ0) is 23.2. The Morgan fingerprint density at radius 3 is 2.61 bits per heavy atom. The summed E-state index contributed by atoms with van der Waals surface area (Å²) >= 11 is 0. The van der Waals surface area contributed by atoms with E-state index in [2.05, 4.69) is 18.7 Å². The molecule has 2 heterocycles. The lowest BCUT2D eigenvalue weighted by atomic mass is 9.41. The van der Waals surface area contributed by atoms with Gasteiger partial charge < -0.3 is 28.8 Å². The van der Waals surface area contributed by atoms with E-state index in [1.165, 1.54) is 0 Å². The molecule has 0 aromatic heterocycles. The van der Waals surface area contributed by atoms with Crippen LogP contribution in [0.4, 0.5) is 0 Å². The fourth-order valence-corrected chi connectivity index (χ4v) is 11.1. The van der Waals surface area contributed by atoms with Gasteiger partial charge in [0.2, 0.25) is 0 Å². The van der Waals surface area contributed by atoms with Gasteiger partial charge in [0.25, 0.3) is 0 Å². The SMILES string of the molecule is CCN1C[C@]2(C)CC[C@H](OC)[C@]34[C@@H]2C(=O)[C@@]2(OCO[C@@]25C[C@H](OC)[C@H]2C[C@]3(O)[C@@H]5[C@H]2OC)[C@@H]14. The van der Waals surface area contributed by atoms with Crippen LogP contribution in [0.1, 0.15) is 39.5 Å². The van der Waals surface area contributed by atoms with Gasteiger partial charge in [-0.25, -0.2) is 0 Å². The van der Waals surface area contributed by atoms with E-state index >= 15 is 0 Å². The number of ketones is 1. The van der Waals surface area contributed by atoms with Gasteiger partial charge in [0.1, 0.15) is 12.4 Å². The maximum absolute atomic E-state index is 14.9. The summed E-state index contributed by atoms with van der Waals surface area (Å²) in [6.07, 6.45) is 2.13. The Hall–Kier alpha value is -0.610. The van der Waals surface area contributed by atoms with Crippen molar-refractivity contribution in [3.8, 4) is 0 Å². The first-order valence-electron chi connectivity index (χ1n) is 12.6. The van der Waals surface area contributed by atoms with Gasteiger partial charge >= 0.3 is 0 Å². The number of ether oxygens (including phenoxy) is 5. The van der Waals surface area contributed by atoms with Gasteiger partial charge in [0, 0.05) is 52.0 Å². The van der Waals surface area contributed by atoms with Crippen molar-refractivity contribution in [3.63, 3.8) is 0 Å². The standard InChI is InChI=1S/C25H37NO7/c1-6-26-11-21(2)8-7-15(30-4)24-18(21)19(27)25(20(24)26)23(32-12-33-25)10-14(29-3)13-9-22(24,28)17(23)16(13)31-5/h13-18,20,28H,6-12H2,1-5H3/t13-,14+,15+,16+,17+,18-,20+,21+,22+,23-,24-,25-/m1/s1. The smallest absolute Gasteiger partial charge is 0.175 e. The number of piperidine rings is 1. The minimum atomic E-state index is -1.18. The average molecular weight is 464 g/mol. The van der Waals surface area contributed by atoms with Crippen molar-refractivity contribution in [2.45, 2.75) is 80.7 Å². The van der Waals surface area contributed by atoms with E-state index in [1.807, 2.05) is 0 Å². The van der Waals surface area contributed by atoms with Gasteiger partial charge in [-0.1, -0.05) is 13.8 Å². The van der Waals surface area contributed by atoms with Crippen molar-refractivity contribution in [1.29, 1.82) is 0 Å². The largest absolute Gasteiger partial charge is 0.389 e. The molecule has 7 fully saturated rings. The number of likely N-dealkylation sites (N-methyl/N-ethyl adjacent to an activating group) is 1. The molecule has 0 amide bonds. The fraction of sp³-hybridized carbons (Fsp3) is 0.960. The van der Waals surface area contributed by atoms with Crippen LogP contribution < -0.4 is 0 Å². The van der Waals surface area contributed by atoms with Gasteiger partial charge in [-0.2, -0.15) is 0 Å². The predicted octanol–water partition coefficient (Wildman–Crippen LogP) is 0.987. The average Bonchev–Trinajstić information content (AvgIpc) is 3.35. The summed E-state index contributed by atoms with van der Waals surface area (Å²) in [6, 6.07) is -0.290. The highest BCUT2D eigenvalue weighted by molar-refractivity contribution is 5.99. The van der Waals surface area contributed by atoms with E-state index in [4.69, 9.17) is 23.7 Å². The quantitative estimate of drug-likeness (QED) is 0.661. The van der Waals surface area contributed by atoms with Crippen LogP contribution in [-0.4, -0.2) is 98.2 Å². The number of hydrogen-bond donors (Lipinski definition) is 1. The molecule has 7 aliphatic rings. The lowest BCUT2D eigenvalue weighted by molar-refractivity contribution is -0.332. The number of Topliss-reactive ketones (excluding diaryl/α,β-unsaturated/α-hetero) is 1. The van der Waals surface area contributed by atoms with Gasteiger partial charge in [0.05, 0.1) is 35.4 Å². The minimum absolute atomic E-state index is 0.0344. The molecule has 0 radical (unpaired) electrons. The Morgan fingerprint density at radius 2 is 1.94 bits per heavy atom. The summed E-state index contributed by atoms with van der Waals surface area (Å²) < 4.78 is 31.6. The van der Waals surface area contributed by atoms with E-state index < -0.39 is 22.2 Å². The van der Waals surface area contributed by atoms with Crippen LogP contribution in [0.3, 0.4) is 0 Å². The van der Waals surface area contributed by atoms with E-state index in [0.717, 1.165) is 25.9 Å². The Kier molecular flexibility index (Phi) is 4.07. The number of hydrogen-bond acceptors (Lipinski definition) is 8. The van der Waals surface area contributed by atoms with Crippen LogP contribution in [0.15, 0.2) is 0 Å². The van der Waals surface area contributed by atoms with Gasteiger partial charge in [-0.15, -0.1) is 0 Å². The van der Waals surface area contributed by atoms with Crippen molar-refractivity contribution >= 4 is 5.78 Å². The molecule has 0 unspecified atom stereocenters. The highest BCUT2D eigenvalue weighted by Gasteiger charge is 2.97. The van der Waals surface area contributed by atoms with Crippen molar-refractivity contribution in [1.82, 2.24) is 4.90 Å². The molecule has 0 aromatic carbocycles. The van der Waals surface area contributed by atoms with Crippen molar-refractivity contribution in [2.24, 2.45) is 28.6 Å². The molecule has 1 N–H and O–H groups in total. The molecule has 0 aromatic rings. The number of nitrogens with zero attached hydrogens (tertiary/aromatic N) is 1. The number of likely N-dealkylation sites (tertiary alicyclic amines) is 1. The third kappa shape index (κ3) is 1.81. The summed E-state index contributed by atoms with van der Waals surface area (Å²) in [5.74, 6) is -0.540. The first-order chi connectivity index (χ1) is 15.8. The summed E-state index contributed by atoms with van der Waals surface area (Å²) in [5, 5.41) is 13.2. The Morgan fingerprint density at radius 1 is 1.15 bits per heavy atom. The third-order valence-corrected chi connectivity index (χ3v) is 11.6. The molecule has 7 rings (SSSR count). The molecule has 184 valence electrons. The molecule has 33 heavy (non-hydrogen) atoms. The summed E-state index contributed by atoms with van der Waals surface area (Å²) in [4.78, 5) is 17.3. The molecule has 5 saturated carbocycles. The lowest BCUT2D eigenvalue weighted by Gasteiger charge is -2.71. The van der Waals surface area contributed by atoms with Crippen molar-refractivity contribution in [3.05, 3.63) is 0 Å². The first-order valence-corrected chi connectivity index (χ1v) is 12.6. The molecule has 8 nitrogen and oxygen atoms in total. The summed E-state index contributed by atoms with van der Waals surface area (Å²) in [6.45, 7) is 6.07. The molecule has 2 saturated heterocycles. The molecular formula is C25H37NO7. The zero-order valence-electron chi connectivity index (χ0n) is 20.3. The number of rotatable bonds is 4. The molecular weight excluding hydrogens is 426 g/mol. The van der Waals surface area contributed by atoms with Gasteiger partial charge in [-0.3, -0.25) is 9.69 Å². The zero-order valence-corrected chi connectivity index (χ0v) is 20.3. The van der Waals surface area contributed by atoms with Crippen LogP contribution in [-0.2, 0) is 28.5 Å². The topological polar surface area (TPSA) is 86.7 Å². The van der Waals surface area contributed by atoms with Crippen molar-refractivity contribution in [2.75, 3.05) is 41.2 Å². The second-order valence-electron chi connectivity index (χ2n) is 12.1. The first kappa shape index (κ1) is 21.7. The van der Waals surface area contributed by atoms with Gasteiger partial charge in [0.15, 0.2) is 11.4 Å². The Bertz CT molecular complexity index is 915. The van der Waals surface area contributed by atoms with Crippen LogP contribution in [0.2, 0.25) is 0 Å². The number of aliphatic hydroxyl groups is 1. The molecule has 2 aliphatic heterocycles. The van der Waals surface area contributed by atoms with E-state index in [9.17, 15) is 9.90 Å². The highest BCUT2D eigenvalue weighted by Crippen LogP contribution is 2.82. The van der Waals surface area contributed by atoms with E-state index in [1.54, 1.807) is 21.3 Å². The van der Waals surface area contributed by atoms with Gasteiger partial charge in [-0.05, 0) is 31.2 Å². The third-order valence-electron chi connectivity index (χ3n) is 11.6. The monoisotopic (exact) mass is 463 g/mol. The number of carbonyl (C=O) groups excluding carboxylic acids is 1. The Labute approximate surface area is 195 Å². The Balaban J connectivity index is 1.61. The highest BCUT2D eigenvalue weighted by atomic mass is 16.7. The normalized spacial score (nSPS) is 62.6. The molecule has 12 atom stereocenters. The van der Waals surface area contributed by atoms with Crippen molar-refractivity contribution < 1.29 is 33.6 Å². The summed E-state index contributed by atoms with van der Waals surface area (Å²) in [7, 11) is 5.17. The lowest BCUT2D eigenvalue weighted by Crippen LogP contribution is -2.85. The molecule has 3 spiro atoms. The predicted molar refractivity (Wildman–Crippen MR) is 115 cm³/mol.